The van der Waals surface area contributed by atoms with E-state index in [1.807, 2.05) is 0 Å². The molecule has 0 aromatic carbocycles. The van der Waals surface area contributed by atoms with E-state index in [1.165, 1.54) is 6.20 Å². The Morgan fingerprint density at radius 2 is 2.43 bits per heavy atom. The number of nitrogens with two attached hydrogens (primary N) is 1. The summed E-state index contributed by atoms with van der Waals surface area (Å²) in [6.45, 7) is 0.244. The van der Waals surface area contributed by atoms with E-state index in [2.05, 4.69) is 16.2 Å². The molecule has 72 valence electrons. The lowest BCUT2D eigenvalue weighted by atomic mass is 10.2. The van der Waals surface area contributed by atoms with Crippen molar-refractivity contribution in [1.82, 2.24) is 10.3 Å². The average molecular weight is 189 g/mol. The predicted octanol–water partition coefficient (Wildman–Crippen LogP) is -0.0443. The van der Waals surface area contributed by atoms with E-state index in [-0.39, 0.29) is 18.9 Å². The molecule has 1 rings (SSSR count). The molecular weight excluding hydrogens is 178 g/mol. The summed E-state index contributed by atoms with van der Waals surface area (Å²) in [6.07, 6.45) is 6.74. The molecular formula is C10H11N3O. The van der Waals surface area contributed by atoms with E-state index < -0.39 is 0 Å². The molecule has 0 fully saturated rings. The summed E-state index contributed by atoms with van der Waals surface area (Å²) < 4.78 is 0. The largest absolute Gasteiger partial charge is 0.397 e. The lowest BCUT2D eigenvalue weighted by Gasteiger charge is -2.01. The number of hydrogen-bond acceptors (Lipinski definition) is 3. The molecule has 14 heavy (non-hydrogen) atoms. The minimum Gasteiger partial charge on any atom is -0.397 e. The SMILES string of the molecule is C#CCNC(=O)Cc1ccc(N)cn1. The van der Waals surface area contributed by atoms with E-state index in [0.717, 1.165) is 0 Å². The van der Waals surface area contributed by atoms with Crippen LogP contribution < -0.4 is 11.1 Å². The highest BCUT2D eigenvalue weighted by atomic mass is 16.1. The molecule has 1 amide bonds. The van der Waals surface area contributed by atoms with Crippen LogP contribution in [0.2, 0.25) is 0 Å². The molecule has 1 heterocycles. The summed E-state index contributed by atoms with van der Waals surface area (Å²) in [7, 11) is 0. The van der Waals surface area contributed by atoms with Crippen molar-refractivity contribution >= 4 is 11.6 Å². The molecule has 4 nitrogen and oxygen atoms in total. The Hall–Kier alpha value is -2.02. The molecule has 0 saturated carbocycles. The molecule has 0 bridgehead atoms. The third-order valence-electron chi connectivity index (χ3n) is 1.58. The Balaban J connectivity index is 2.49. The number of pyridine rings is 1. The Morgan fingerprint density at radius 1 is 1.64 bits per heavy atom. The Labute approximate surface area is 82.5 Å². The first-order valence-electron chi connectivity index (χ1n) is 4.13. The van der Waals surface area contributed by atoms with Crippen LogP contribution in [0.15, 0.2) is 18.3 Å². The van der Waals surface area contributed by atoms with Crippen LogP contribution in [0.5, 0.6) is 0 Å². The van der Waals surface area contributed by atoms with Gasteiger partial charge in [0.2, 0.25) is 5.91 Å². The van der Waals surface area contributed by atoms with Crippen LogP contribution in [-0.4, -0.2) is 17.4 Å². The summed E-state index contributed by atoms with van der Waals surface area (Å²) in [5.41, 5.74) is 6.70. The third kappa shape index (κ3) is 3.15. The van der Waals surface area contributed by atoms with Gasteiger partial charge in [0, 0.05) is 5.69 Å². The predicted molar refractivity (Wildman–Crippen MR) is 54.2 cm³/mol. The molecule has 3 N–H and O–H groups in total. The van der Waals surface area contributed by atoms with E-state index in [9.17, 15) is 4.79 Å². The van der Waals surface area contributed by atoms with Crippen molar-refractivity contribution in [2.45, 2.75) is 6.42 Å². The fourth-order valence-electron chi connectivity index (χ4n) is 0.917. The lowest BCUT2D eigenvalue weighted by Crippen LogP contribution is -2.25. The van der Waals surface area contributed by atoms with Crippen LogP contribution in [0.4, 0.5) is 5.69 Å². The number of nitrogen functional groups attached to an aromatic ring is 1. The first-order valence-corrected chi connectivity index (χ1v) is 4.13. The van der Waals surface area contributed by atoms with Crippen molar-refractivity contribution in [2.75, 3.05) is 12.3 Å². The first-order chi connectivity index (χ1) is 6.72. The normalized spacial score (nSPS) is 9.07. The molecule has 0 aliphatic carbocycles. The van der Waals surface area contributed by atoms with E-state index >= 15 is 0 Å². The molecule has 0 aliphatic rings. The van der Waals surface area contributed by atoms with Crippen LogP contribution >= 0.6 is 0 Å². The number of terminal acetylenes is 1. The van der Waals surface area contributed by atoms with Gasteiger partial charge in [0.1, 0.15) is 0 Å². The number of amides is 1. The van der Waals surface area contributed by atoms with Crippen LogP contribution in [-0.2, 0) is 11.2 Å². The highest BCUT2D eigenvalue weighted by molar-refractivity contribution is 5.78. The smallest absolute Gasteiger partial charge is 0.226 e. The zero-order chi connectivity index (χ0) is 10.4. The van der Waals surface area contributed by atoms with Crippen molar-refractivity contribution < 1.29 is 4.79 Å². The van der Waals surface area contributed by atoms with Crippen LogP contribution in [0.25, 0.3) is 0 Å². The number of nitrogens with one attached hydrogen (secondary N) is 1. The number of nitrogens with zero attached hydrogens (tertiary/aromatic N) is 1. The fraction of sp³-hybridized carbons (Fsp3) is 0.200. The van der Waals surface area contributed by atoms with Gasteiger partial charge in [0.15, 0.2) is 0 Å². The van der Waals surface area contributed by atoms with Gasteiger partial charge in [-0.2, -0.15) is 0 Å². The average Bonchev–Trinajstić information content (AvgIpc) is 2.18. The van der Waals surface area contributed by atoms with Gasteiger partial charge in [-0.15, -0.1) is 6.42 Å². The van der Waals surface area contributed by atoms with Crippen LogP contribution in [0.3, 0.4) is 0 Å². The highest BCUT2D eigenvalue weighted by Crippen LogP contribution is 2.01. The van der Waals surface area contributed by atoms with Gasteiger partial charge in [-0.25, -0.2) is 0 Å². The quantitative estimate of drug-likeness (QED) is 0.655. The van der Waals surface area contributed by atoms with Gasteiger partial charge in [-0.1, -0.05) is 5.92 Å². The molecule has 0 saturated heterocycles. The molecule has 1 aromatic heterocycles. The molecule has 1 aromatic rings. The van der Waals surface area contributed by atoms with Crippen molar-refractivity contribution in [3.8, 4) is 12.3 Å². The number of hydrogen-bond donors (Lipinski definition) is 2. The van der Waals surface area contributed by atoms with E-state index in [4.69, 9.17) is 12.2 Å². The molecule has 0 radical (unpaired) electrons. The third-order valence-corrected chi connectivity index (χ3v) is 1.58. The van der Waals surface area contributed by atoms with Gasteiger partial charge >= 0.3 is 0 Å². The number of carbonyl (C=O) groups excluding carboxylic acids is 1. The second kappa shape index (κ2) is 4.87. The van der Waals surface area contributed by atoms with Gasteiger partial charge in [-0.05, 0) is 12.1 Å². The molecule has 0 spiro atoms. The van der Waals surface area contributed by atoms with Gasteiger partial charge in [0.05, 0.1) is 24.8 Å². The van der Waals surface area contributed by atoms with Gasteiger partial charge in [0.25, 0.3) is 0 Å². The maximum Gasteiger partial charge on any atom is 0.226 e. The summed E-state index contributed by atoms with van der Waals surface area (Å²) in [5.74, 6) is 2.18. The zero-order valence-corrected chi connectivity index (χ0v) is 7.66. The zero-order valence-electron chi connectivity index (χ0n) is 7.66. The molecule has 0 aliphatic heterocycles. The van der Waals surface area contributed by atoms with Gasteiger partial charge in [-0.3, -0.25) is 9.78 Å². The van der Waals surface area contributed by atoms with Crippen molar-refractivity contribution in [3.05, 3.63) is 24.0 Å². The number of rotatable bonds is 3. The monoisotopic (exact) mass is 189 g/mol. The van der Waals surface area contributed by atoms with Crippen molar-refractivity contribution in [2.24, 2.45) is 0 Å². The first kappa shape index (κ1) is 10.1. The summed E-state index contributed by atoms with van der Waals surface area (Å²) >= 11 is 0. The standard InChI is InChI=1S/C10H11N3O/c1-2-5-12-10(14)6-9-4-3-8(11)7-13-9/h1,3-4,7H,5-6,11H2,(H,12,14). The highest BCUT2D eigenvalue weighted by Gasteiger charge is 2.02. The topological polar surface area (TPSA) is 68.0 Å². The number of anilines is 1. The minimum atomic E-state index is -0.139. The van der Waals surface area contributed by atoms with Gasteiger partial charge < -0.3 is 11.1 Å². The molecule has 4 heteroatoms. The summed E-state index contributed by atoms with van der Waals surface area (Å²) in [5, 5.41) is 2.55. The number of aromatic nitrogens is 1. The van der Waals surface area contributed by atoms with Crippen LogP contribution in [0, 0.1) is 12.3 Å². The van der Waals surface area contributed by atoms with E-state index in [1.54, 1.807) is 12.1 Å². The molecule has 0 unspecified atom stereocenters. The molecule has 0 atom stereocenters. The summed E-state index contributed by atoms with van der Waals surface area (Å²) in [4.78, 5) is 15.2. The number of carbonyl (C=O) groups is 1. The Morgan fingerprint density at radius 3 is 3.00 bits per heavy atom. The minimum absolute atomic E-state index is 0.139. The van der Waals surface area contributed by atoms with Crippen LogP contribution in [0.1, 0.15) is 5.69 Å². The summed E-state index contributed by atoms with van der Waals surface area (Å²) in [6, 6.07) is 3.42. The lowest BCUT2D eigenvalue weighted by molar-refractivity contribution is -0.120. The van der Waals surface area contributed by atoms with Crippen molar-refractivity contribution in [1.29, 1.82) is 0 Å². The Kier molecular flexibility index (Phi) is 3.50. The maximum atomic E-state index is 11.2. The second-order valence-corrected chi connectivity index (χ2v) is 2.74. The maximum absolute atomic E-state index is 11.2. The second-order valence-electron chi connectivity index (χ2n) is 2.74. The fourth-order valence-corrected chi connectivity index (χ4v) is 0.917. The van der Waals surface area contributed by atoms with Crippen molar-refractivity contribution in [3.63, 3.8) is 0 Å². The van der Waals surface area contributed by atoms with E-state index in [0.29, 0.717) is 11.4 Å². The Bertz CT molecular complexity index is 351.